The third-order valence-electron chi connectivity index (χ3n) is 2.48. The van der Waals surface area contributed by atoms with Gasteiger partial charge in [0.25, 0.3) is 0 Å². The summed E-state index contributed by atoms with van der Waals surface area (Å²) in [6.45, 7) is 1.91. The number of nitrogens with two attached hydrogens (primary N) is 1. The molecule has 16 heavy (non-hydrogen) atoms. The summed E-state index contributed by atoms with van der Waals surface area (Å²) in [6, 6.07) is 8.96. The standard InChI is InChI=1S/C13H13NO2/c1-9(14)10-2-4-11(5-3-10)13(15)12-6-7-16-8-12/h2-9H,14H2,1H3/t9-/m1/s1. The van der Waals surface area contributed by atoms with E-state index in [1.807, 2.05) is 19.1 Å². The van der Waals surface area contributed by atoms with E-state index >= 15 is 0 Å². The largest absolute Gasteiger partial charge is 0.472 e. The van der Waals surface area contributed by atoms with Crippen LogP contribution < -0.4 is 5.73 Å². The van der Waals surface area contributed by atoms with Crippen molar-refractivity contribution in [3.05, 3.63) is 59.5 Å². The first kappa shape index (κ1) is 10.6. The third kappa shape index (κ3) is 2.04. The zero-order chi connectivity index (χ0) is 11.5. The molecule has 0 aliphatic carbocycles. The van der Waals surface area contributed by atoms with Gasteiger partial charge in [-0.1, -0.05) is 24.3 Å². The summed E-state index contributed by atoms with van der Waals surface area (Å²) < 4.78 is 4.88. The summed E-state index contributed by atoms with van der Waals surface area (Å²) in [7, 11) is 0. The highest BCUT2D eigenvalue weighted by Crippen LogP contribution is 2.14. The van der Waals surface area contributed by atoms with Crippen molar-refractivity contribution in [2.75, 3.05) is 0 Å². The summed E-state index contributed by atoms with van der Waals surface area (Å²) in [5, 5.41) is 0. The van der Waals surface area contributed by atoms with Gasteiger partial charge in [0.2, 0.25) is 0 Å². The molecule has 0 aliphatic heterocycles. The zero-order valence-corrected chi connectivity index (χ0v) is 9.01. The van der Waals surface area contributed by atoms with Crippen molar-refractivity contribution >= 4 is 5.78 Å². The molecule has 3 heteroatoms. The Morgan fingerprint density at radius 2 is 1.88 bits per heavy atom. The molecule has 0 saturated heterocycles. The number of benzene rings is 1. The van der Waals surface area contributed by atoms with Crippen LogP contribution in [0.4, 0.5) is 0 Å². The van der Waals surface area contributed by atoms with E-state index in [1.54, 1.807) is 18.2 Å². The first-order valence-electron chi connectivity index (χ1n) is 5.11. The molecule has 2 aromatic rings. The monoisotopic (exact) mass is 215 g/mol. The molecule has 82 valence electrons. The minimum Gasteiger partial charge on any atom is -0.472 e. The summed E-state index contributed by atoms with van der Waals surface area (Å²) in [5.41, 5.74) is 7.96. The van der Waals surface area contributed by atoms with Gasteiger partial charge < -0.3 is 10.2 Å². The van der Waals surface area contributed by atoms with E-state index in [-0.39, 0.29) is 11.8 Å². The third-order valence-corrected chi connectivity index (χ3v) is 2.48. The molecule has 0 fully saturated rings. The highest BCUT2D eigenvalue weighted by molar-refractivity contribution is 6.08. The molecule has 0 spiro atoms. The first-order chi connectivity index (χ1) is 7.68. The molecule has 0 unspecified atom stereocenters. The molecule has 1 atom stereocenters. The van der Waals surface area contributed by atoms with Crippen LogP contribution >= 0.6 is 0 Å². The van der Waals surface area contributed by atoms with Crippen molar-refractivity contribution in [2.24, 2.45) is 5.73 Å². The summed E-state index contributed by atoms with van der Waals surface area (Å²) >= 11 is 0. The van der Waals surface area contributed by atoms with Crippen LogP contribution in [0.3, 0.4) is 0 Å². The van der Waals surface area contributed by atoms with E-state index in [9.17, 15) is 4.79 Å². The van der Waals surface area contributed by atoms with E-state index in [0.717, 1.165) is 5.56 Å². The summed E-state index contributed by atoms with van der Waals surface area (Å²) in [5.74, 6) is -0.0371. The fourth-order valence-electron chi connectivity index (χ4n) is 1.50. The van der Waals surface area contributed by atoms with Crippen molar-refractivity contribution in [3.8, 4) is 0 Å². The fraction of sp³-hybridized carbons (Fsp3) is 0.154. The molecule has 2 rings (SSSR count). The van der Waals surface area contributed by atoms with Crippen LogP contribution in [0.25, 0.3) is 0 Å². The highest BCUT2D eigenvalue weighted by Gasteiger charge is 2.10. The maximum Gasteiger partial charge on any atom is 0.196 e. The predicted octanol–water partition coefficient (Wildman–Crippen LogP) is 2.53. The number of furan rings is 1. The van der Waals surface area contributed by atoms with Crippen LogP contribution in [0, 0.1) is 0 Å². The van der Waals surface area contributed by atoms with Crippen molar-refractivity contribution in [1.82, 2.24) is 0 Å². The van der Waals surface area contributed by atoms with Gasteiger partial charge in [0, 0.05) is 11.6 Å². The molecular weight excluding hydrogens is 202 g/mol. The van der Waals surface area contributed by atoms with Gasteiger partial charge in [0.05, 0.1) is 11.8 Å². The second-order valence-corrected chi connectivity index (χ2v) is 3.75. The maximum absolute atomic E-state index is 11.9. The van der Waals surface area contributed by atoms with Crippen molar-refractivity contribution < 1.29 is 9.21 Å². The number of carbonyl (C=O) groups is 1. The van der Waals surface area contributed by atoms with Gasteiger partial charge in [-0.15, -0.1) is 0 Å². The van der Waals surface area contributed by atoms with Crippen LogP contribution in [0.5, 0.6) is 0 Å². The van der Waals surface area contributed by atoms with Gasteiger partial charge in [-0.25, -0.2) is 0 Å². The van der Waals surface area contributed by atoms with Crippen LogP contribution in [0.1, 0.15) is 34.5 Å². The summed E-state index contributed by atoms with van der Waals surface area (Å²) in [4.78, 5) is 11.9. The molecule has 0 saturated carbocycles. The van der Waals surface area contributed by atoms with Gasteiger partial charge in [-0.2, -0.15) is 0 Å². The Balaban J connectivity index is 2.25. The van der Waals surface area contributed by atoms with Gasteiger partial charge in [0.15, 0.2) is 5.78 Å². The second-order valence-electron chi connectivity index (χ2n) is 3.75. The average molecular weight is 215 g/mol. The molecule has 0 amide bonds. The minimum absolute atomic E-state index is 0.0157. The van der Waals surface area contributed by atoms with Gasteiger partial charge in [0.1, 0.15) is 6.26 Å². The predicted molar refractivity (Wildman–Crippen MR) is 61.2 cm³/mol. The fourth-order valence-corrected chi connectivity index (χ4v) is 1.50. The topological polar surface area (TPSA) is 56.2 Å². The molecular formula is C13H13NO2. The Labute approximate surface area is 93.9 Å². The lowest BCUT2D eigenvalue weighted by Gasteiger charge is -2.05. The molecule has 2 N–H and O–H groups in total. The van der Waals surface area contributed by atoms with E-state index in [2.05, 4.69) is 0 Å². The van der Waals surface area contributed by atoms with E-state index in [0.29, 0.717) is 11.1 Å². The molecule has 1 aromatic carbocycles. The molecule has 1 heterocycles. The quantitative estimate of drug-likeness (QED) is 0.800. The maximum atomic E-state index is 11.9. The van der Waals surface area contributed by atoms with Crippen LogP contribution in [-0.2, 0) is 0 Å². The highest BCUT2D eigenvalue weighted by atomic mass is 16.3. The molecule has 0 aliphatic rings. The number of hydrogen-bond acceptors (Lipinski definition) is 3. The summed E-state index contributed by atoms with van der Waals surface area (Å²) in [6.07, 6.45) is 2.94. The first-order valence-corrected chi connectivity index (χ1v) is 5.11. The molecule has 0 bridgehead atoms. The average Bonchev–Trinajstić information content (AvgIpc) is 2.81. The zero-order valence-electron chi connectivity index (χ0n) is 9.01. The van der Waals surface area contributed by atoms with Gasteiger partial charge >= 0.3 is 0 Å². The van der Waals surface area contributed by atoms with Crippen molar-refractivity contribution in [2.45, 2.75) is 13.0 Å². The van der Waals surface area contributed by atoms with E-state index in [4.69, 9.17) is 10.2 Å². The molecule has 1 aromatic heterocycles. The smallest absolute Gasteiger partial charge is 0.196 e. The Hall–Kier alpha value is -1.87. The number of rotatable bonds is 3. The number of carbonyl (C=O) groups excluding carboxylic acids is 1. The minimum atomic E-state index is -0.0371. The van der Waals surface area contributed by atoms with Crippen molar-refractivity contribution in [1.29, 1.82) is 0 Å². The lowest BCUT2D eigenvalue weighted by Crippen LogP contribution is -2.06. The van der Waals surface area contributed by atoms with Crippen molar-refractivity contribution in [3.63, 3.8) is 0 Å². The van der Waals surface area contributed by atoms with Crippen LogP contribution in [-0.4, -0.2) is 5.78 Å². The lowest BCUT2D eigenvalue weighted by atomic mass is 10.0. The Kier molecular flexibility index (Phi) is 2.88. The Morgan fingerprint density at radius 1 is 1.19 bits per heavy atom. The van der Waals surface area contributed by atoms with Crippen LogP contribution in [0.15, 0.2) is 47.3 Å². The normalized spacial score (nSPS) is 12.4. The van der Waals surface area contributed by atoms with E-state index in [1.165, 1.54) is 12.5 Å². The van der Waals surface area contributed by atoms with Gasteiger partial charge in [-0.3, -0.25) is 4.79 Å². The number of hydrogen-bond donors (Lipinski definition) is 1. The molecule has 3 nitrogen and oxygen atoms in total. The number of ketones is 1. The van der Waals surface area contributed by atoms with Gasteiger partial charge in [-0.05, 0) is 18.6 Å². The molecule has 0 radical (unpaired) electrons. The Morgan fingerprint density at radius 3 is 2.38 bits per heavy atom. The second kappa shape index (κ2) is 4.33. The lowest BCUT2D eigenvalue weighted by molar-refractivity contribution is 0.103. The van der Waals surface area contributed by atoms with Crippen LogP contribution in [0.2, 0.25) is 0 Å². The Bertz CT molecular complexity index is 469. The SMILES string of the molecule is C[C@@H](N)c1ccc(C(=O)c2ccoc2)cc1. The van der Waals surface area contributed by atoms with E-state index < -0.39 is 0 Å².